The molecule has 0 atom stereocenters. The third-order valence-electron chi connectivity index (χ3n) is 3.00. The molecule has 0 bridgehead atoms. The molecule has 0 aromatic carbocycles. The van der Waals surface area contributed by atoms with Crippen molar-refractivity contribution in [2.75, 3.05) is 43.6 Å². The minimum Gasteiger partial charge on any atom is -0.469 e. The van der Waals surface area contributed by atoms with Gasteiger partial charge in [-0.1, -0.05) is 0 Å². The van der Waals surface area contributed by atoms with Gasteiger partial charge in [0.15, 0.2) is 0 Å². The molecule has 0 spiro atoms. The molecule has 1 rings (SSSR count). The van der Waals surface area contributed by atoms with E-state index in [-0.39, 0.29) is 5.97 Å². The maximum Gasteiger partial charge on any atom is 0.307 e. The maximum absolute atomic E-state index is 11.1. The highest BCUT2D eigenvalue weighted by molar-refractivity contribution is 5.70. The fourth-order valence-corrected chi connectivity index (χ4v) is 1.74. The van der Waals surface area contributed by atoms with E-state index >= 15 is 0 Å². The standard InChI is InChI=1S/C13H22N4O2/c1-5-17(6-2)12-9-11(14-10-15-12)16(3)8-7-13(18)19-4/h9-10H,5-8H2,1-4H3. The number of nitrogens with zero attached hydrogens (tertiary/aromatic N) is 4. The third kappa shape index (κ3) is 4.39. The summed E-state index contributed by atoms with van der Waals surface area (Å²) in [5, 5.41) is 0. The Hall–Kier alpha value is -1.85. The van der Waals surface area contributed by atoms with E-state index in [0.717, 1.165) is 24.7 Å². The van der Waals surface area contributed by atoms with Crippen LogP contribution in [0.4, 0.5) is 11.6 Å². The summed E-state index contributed by atoms with van der Waals surface area (Å²) in [6, 6.07) is 1.93. The number of esters is 1. The van der Waals surface area contributed by atoms with E-state index in [9.17, 15) is 4.79 Å². The van der Waals surface area contributed by atoms with Crippen LogP contribution in [0.25, 0.3) is 0 Å². The van der Waals surface area contributed by atoms with Gasteiger partial charge in [-0.05, 0) is 13.8 Å². The summed E-state index contributed by atoms with van der Waals surface area (Å²) in [6.45, 7) is 6.55. The summed E-state index contributed by atoms with van der Waals surface area (Å²) in [6.07, 6.45) is 1.90. The minimum absolute atomic E-state index is 0.218. The summed E-state index contributed by atoms with van der Waals surface area (Å²) in [7, 11) is 3.29. The number of carbonyl (C=O) groups is 1. The summed E-state index contributed by atoms with van der Waals surface area (Å²) < 4.78 is 4.63. The molecule has 1 aromatic rings. The Morgan fingerprint density at radius 3 is 2.47 bits per heavy atom. The molecule has 1 heterocycles. The molecular weight excluding hydrogens is 244 g/mol. The molecule has 6 nitrogen and oxygen atoms in total. The van der Waals surface area contributed by atoms with Gasteiger partial charge in [0.05, 0.1) is 13.5 Å². The van der Waals surface area contributed by atoms with Crippen molar-refractivity contribution in [3.05, 3.63) is 12.4 Å². The van der Waals surface area contributed by atoms with Crippen molar-refractivity contribution in [1.82, 2.24) is 9.97 Å². The number of anilines is 2. The lowest BCUT2D eigenvalue weighted by atomic mass is 10.3. The Morgan fingerprint density at radius 2 is 1.89 bits per heavy atom. The van der Waals surface area contributed by atoms with Crippen LogP contribution in [0.15, 0.2) is 12.4 Å². The van der Waals surface area contributed by atoms with Gasteiger partial charge in [0.2, 0.25) is 0 Å². The zero-order valence-corrected chi connectivity index (χ0v) is 12.1. The lowest BCUT2D eigenvalue weighted by Gasteiger charge is -2.22. The van der Waals surface area contributed by atoms with Gasteiger partial charge in [-0.15, -0.1) is 0 Å². The summed E-state index contributed by atoms with van der Waals surface area (Å²) in [5.41, 5.74) is 0. The third-order valence-corrected chi connectivity index (χ3v) is 3.00. The second kappa shape index (κ2) is 7.56. The van der Waals surface area contributed by atoms with E-state index in [1.807, 2.05) is 18.0 Å². The highest BCUT2D eigenvalue weighted by Crippen LogP contribution is 2.16. The molecule has 0 aliphatic carbocycles. The predicted molar refractivity (Wildman–Crippen MR) is 75.5 cm³/mol. The number of carbonyl (C=O) groups excluding carboxylic acids is 1. The van der Waals surface area contributed by atoms with Crippen LogP contribution < -0.4 is 9.80 Å². The monoisotopic (exact) mass is 266 g/mol. The lowest BCUT2D eigenvalue weighted by molar-refractivity contribution is -0.140. The second-order valence-electron chi connectivity index (χ2n) is 4.15. The molecule has 106 valence electrons. The van der Waals surface area contributed by atoms with Crippen LogP contribution in [-0.2, 0) is 9.53 Å². The molecule has 0 saturated heterocycles. The van der Waals surface area contributed by atoms with Crippen LogP contribution in [0, 0.1) is 0 Å². The zero-order chi connectivity index (χ0) is 14.3. The van der Waals surface area contributed by atoms with Crippen LogP contribution in [0.3, 0.4) is 0 Å². The molecule has 0 aliphatic heterocycles. The SMILES string of the molecule is CCN(CC)c1cc(N(C)CCC(=O)OC)ncn1. The van der Waals surface area contributed by atoms with Crippen LogP contribution in [0.1, 0.15) is 20.3 Å². The summed E-state index contributed by atoms with van der Waals surface area (Å²) in [5.74, 6) is 1.49. The van der Waals surface area contributed by atoms with Gasteiger partial charge in [-0.25, -0.2) is 9.97 Å². The molecule has 19 heavy (non-hydrogen) atoms. The molecule has 1 aromatic heterocycles. The van der Waals surface area contributed by atoms with Gasteiger partial charge < -0.3 is 14.5 Å². The van der Waals surface area contributed by atoms with E-state index in [0.29, 0.717) is 13.0 Å². The Bertz CT molecular complexity index is 407. The van der Waals surface area contributed by atoms with Crippen LogP contribution >= 0.6 is 0 Å². The highest BCUT2D eigenvalue weighted by Gasteiger charge is 2.09. The van der Waals surface area contributed by atoms with Crippen LogP contribution in [-0.4, -0.2) is 49.7 Å². The predicted octanol–water partition coefficient (Wildman–Crippen LogP) is 1.32. The molecule has 0 N–H and O–H groups in total. The van der Waals surface area contributed by atoms with Gasteiger partial charge in [0.25, 0.3) is 0 Å². The van der Waals surface area contributed by atoms with Gasteiger partial charge >= 0.3 is 5.97 Å². The fraction of sp³-hybridized carbons (Fsp3) is 0.615. The number of hydrogen-bond acceptors (Lipinski definition) is 6. The number of ether oxygens (including phenoxy) is 1. The molecule has 0 saturated carbocycles. The molecule has 0 radical (unpaired) electrons. The molecule has 0 amide bonds. The average Bonchev–Trinajstić information content (AvgIpc) is 2.46. The Kier molecular flexibility index (Phi) is 6.05. The first-order valence-electron chi connectivity index (χ1n) is 6.47. The van der Waals surface area contributed by atoms with Crippen molar-refractivity contribution >= 4 is 17.6 Å². The van der Waals surface area contributed by atoms with E-state index in [4.69, 9.17) is 0 Å². The summed E-state index contributed by atoms with van der Waals surface area (Å²) >= 11 is 0. The van der Waals surface area contributed by atoms with Crippen LogP contribution in [0.5, 0.6) is 0 Å². The van der Waals surface area contributed by atoms with E-state index < -0.39 is 0 Å². The van der Waals surface area contributed by atoms with Gasteiger partial charge in [0.1, 0.15) is 18.0 Å². The Labute approximate surface area is 114 Å². The largest absolute Gasteiger partial charge is 0.469 e. The van der Waals surface area contributed by atoms with E-state index in [1.165, 1.54) is 7.11 Å². The maximum atomic E-state index is 11.1. The normalized spacial score (nSPS) is 10.1. The van der Waals surface area contributed by atoms with E-state index in [2.05, 4.69) is 33.5 Å². The van der Waals surface area contributed by atoms with Crippen LogP contribution in [0.2, 0.25) is 0 Å². The quantitative estimate of drug-likeness (QED) is 0.694. The van der Waals surface area contributed by atoms with Crippen molar-refractivity contribution in [3.63, 3.8) is 0 Å². The molecule has 0 aliphatic rings. The van der Waals surface area contributed by atoms with Crippen molar-refractivity contribution in [1.29, 1.82) is 0 Å². The number of methoxy groups -OCH3 is 1. The average molecular weight is 266 g/mol. The van der Waals surface area contributed by atoms with E-state index in [1.54, 1.807) is 6.33 Å². The van der Waals surface area contributed by atoms with Gasteiger partial charge in [-0.3, -0.25) is 4.79 Å². The number of rotatable bonds is 7. The Balaban J connectivity index is 2.72. The first-order valence-corrected chi connectivity index (χ1v) is 6.47. The smallest absolute Gasteiger partial charge is 0.307 e. The van der Waals surface area contributed by atoms with Crippen molar-refractivity contribution in [2.45, 2.75) is 20.3 Å². The minimum atomic E-state index is -0.218. The Morgan fingerprint density at radius 1 is 1.26 bits per heavy atom. The molecule has 6 heteroatoms. The first kappa shape index (κ1) is 15.2. The number of hydrogen-bond donors (Lipinski definition) is 0. The molecule has 0 fully saturated rings. The van der Waals surface area contributed by atoms with Gasteiger partial charge in [-0.2, -0.15) is 0 Å². The van der Waals surface area contributed by atoms with Gasteiger partial charge in [0, 0.05) is 32.7 Å². The highest BCUT2D eigenvalue weighted by atomic mass is 16.5. The number of aromatic nitrogens is 2. The van der Waals surface area contributed by atoms with Crippen molar-refractivity contribution in [3.8, 4) is 0 Å². The first-order chi connectivity index (χ1) is 9.12. The fourth-order valence-electron chi connectivity index (χ4n) is 1.74. The lowest BCUT2D eigenvalue weighted by Crippen LogP contribution is -2.25. The van der Waals surface area contributed by atoms with Crippen molar-refractivity contribution < 1.29 is 9.53 Å². The molecule has 0 unspecified atom stereocenters. The molecular formula is C13H22N4O2. The van der Waals surface area contributed by atoms with Crippen molar-refractivity contribution in [2.24, 2.45) is 0 Å². The summed E-state index contributed by atoms with van der Waals surface area (Å²) in [4.78, 5) is 23.7. The topological polar surface area (TPSA) is 58.6 Å². The zero-order valence-electron chi connectivity index (χ0n) is 12.1. The second-order valence-corrected chi connectivity index (χ2v) is 4.15.